The Morgan fingerprint density at radius 3 is 2.73 bits per heavy atom. The van der Waals surface area contributed by atoms with Gasteiger partial charge in [-0.3, -0.25) is 9.59 Å². The van der Waals surface area contributed by atoms with Gasteiger partial charge in [0.2, 0.25) is 11.8 Å². The van der Waals surface area contributed by atoms with Crippen LogP contribution in [-0.2, 0) is 9.59 Å². The molecule has 0 bridgehead atoms. The second-order valence-electron chi connectivity index (χ2n) is 7.93. The van der Waals surface area contributed by atoms with Crippen molar-refractivity contribution in [3.63, 3.8) is 0 Å². The van der Waals surface area contributed by atoms with Crippen LogP contribution in [0, 0.1) is 20.8 Å². The summed E-state index contributed by atoms with van der Waals surface area (Å²) in [5, 5.41) is 3.98. The second-order valence-corrected chi connectivity index (χ2v) is 7.93. The zero-order chi connectivity index (χ0) is 21.8. The summed E-state index contributed by atoms with van der Waals surface area (Å²) in [5.41, 5.74) is 4.64. The highest BCUT2D eigenvalue weighted by atomic mass is 16.5. The molecule has 0 aliphatic carbocycles. The number of carbonyl (C=O) groups excluding carboxylic acids is 2. The standard InChI is InChI=1S/C24H32N2O4/c1-6-29-23-17(4)24-20(16(3)18(5)30-24)14-19(23)15(2)13-21(27)25-10-8-12-26-11-7-9-22(26)28/h13-14H,6-12H2,1-5H3,(H,25,27)/b15-13+. The minimum atomic E-state index is -0.138. The van der Waals surface area contributed by atoms with E-state index in [9.17, 15) is 9.59 Å². The fourth-order valence-corrected chi connectivity index (χ4v) is 3.98. The van der Waals surface area contributed by atoms with Crippen molar-refractivity contribution in [2.45, 2.75) is 53.9 Å². The summed E-state index contributed by atoms with van der Waals surface area (Å²) in [4.78, 5) is 26.0. The topological polar surface area (TPSA) is 71.8 Å². The van der Waals surface area contributed by atoms with Crippen molar-refractivity contribution in [2.24, 2.45) is 0 Å². The second kappa shape index (κ2) is 9.37. The maximum Gasteiger partial charge on any atom is 0.244 e. The zero-order valence-electron chi connectivity index (χ0n) is 18.7. The van der Waals surface area contributed by atoms with Crippen LogP contribution < -0.4 is 10.1 Å². The molecule has 1 N–H and O–H groups in total. The van der Waals surface area contributed by atoms with Crippen LogP contribution in [0.15, 0.2) is 16.6 Å². The molecular formula is C24H32N2O4. The Morgan fingerprint density at radius 2 is 2.07 bits per heavy atom. The first-order valence-electron chi connectivity index (χ1n) is 10.7. The third-order valence-corrected chi connectivity index (χ3v) is 5.78. The number of likely N-dealkylation sites (tertiary alicyclic amines) is 1. The molecule has 3 rings (SSSR count). The van der Waals surface area contributed by atoms with Gasteiger partial charge in [-0.25, -0.2) is 0 Å². The van der Waals surface area contributed by atoms with Crippen molar-refractivity contribution in [2.75, 3.05) is 26.2 Å². The molecule has 0 radical (unpaired) electrons. The van der Waals surface area contributed by atoms with Crippen molar-refractivity contribution >= 4 is 28.4 Å². The number of allylic oxidation sites excluding steroid dienone is 1. The van der Waals surface area contributed by atoms with Gasteiger partial charge in [0.15, 0.2) is 0 Å². The van der Waals surface area contributed by atoms with E-state index in [1.165, 1.54) is 0 Å². The number of nitrogens with one attached hydrogen (secondary N) is 1. The zero-order valence-corrected chi connectivity index (χ0v) is 18.7. The lowest BCUT2D eigenvalue weighted by Gasteiger charge is -2.15. The first kappa shape index (κ1) is 21.9. The molecule has 6 heteroatoms. The molecule has 6 nitrogen and oxygen atoms in total. The Labute approximate surface area is 178 Å². The van der Waals surface area contributed by atoms with Crippen molar-refractivity contribution in [3.8, 4) is 5.75 Å². The highest BCUT2D eigenvalue weighted by molar-refractivity contribution is 5.98. The van der Waals surface area contributed by atoms with Crippen molar-refractivity contribution in [3.05, 3.63) is 34.6 Å². The van der Waals surface area contributed by atoms with E-state index in [2.05, 4.69) is 11.4 Å². The molecule has 1 saturated heterocycles. The number of benzene rings is 1. The molecule has 0 atom stereocenters. The molecule has 0 unspecified atom stereocenters. The van der Waals surface area contributed by atoms with Crippen LogP contribution >= 0.6 is 0 Å². The number of hydrogen-bond acceptors (Lipinski definition) is 4. The van der Waals surface area contributed by atoms with E-state index < -0.39 is 0 Å². The van der Waals surface area contributed by atoms with Gasteiger partial charge in [-0.05, 0) is 64.7 Å². The van der Waals surface area contributed by atoms with Crippen LogP contribution in [0.25, 0.3) is 16.5 Å². The first-order valence-corrected chi connectivity index (χ1v) is 10.7. The van der Waals surface area contributed by atoms with Crippen LogP contribution in [-0.4, -0.2) is 43.0 Å². The maximum absolute atomic E-state index is 12.4. The number of rotatable bonds is 8. The third-order valence-electron chi connectivity index (χ3n) is 5.78. The summed E-state index contributed by atoms with van der Waals surface area (Å²) in [7, 11) is 0. The van der Waals surface area contributed by atoms with E-state index in [0.29, 0.717) is 26.1 Å². The minimum absolute atomic E-state index is 0.138. The molecule has 30 heavy (non-hydrogen) atoms. The van der Waals surface area contributed by atoms with Gasteiger partial charge in [-0.1, -0.05) is 0 Å². The highest BCUT2D eigenvalue weighted by Crippen LogP contribution is 2.38. The largest absolute Gasteiger partial charge is 0.493 e. The van der Waals surface area contributed by atoms with Gasteiger partial charge >= 0.3 is 0 Å². The number of fused-ring (bicyclic) bond motifs is 1. The van der Waals surface area contributed by atoms with Crippen molar-refractivity contribution in [1.82, 2.24) is 10.2 Å². The fourth-order valence-electron chi connectivity index (χ4n) is 3.98. The predicted molar refractivity (Wildman–Crippen MR) is 119 cm³/mol. The summed E-state index contributed by atoms with van der Waals surface area (Å²) in [6, 6.07) is 2.05. The molecular weight excluding hydrogens is 380 g/mol. The SMILES string of the molecule is CCOc1c(/C(C)=C/C(=O)NCCCN2CCCC2=O)cc2c(C)c(C)oc2c1C. The van der Waals surface area contributed by atoms with Gasteiger partial charge in [0.25, 0.3) is 0 Å². The Bertz CT molecular complexity index is 987. The van der Waals surface area contributed by atoms with Crippen molar-refractivity contribution < 1.29 is 18.7 Å². The van der Waals surface area contributed by atoms with Gasteiger partial charge in [0, 0.05) is 48.6 Å². The normalized spacial score (nSPS) is 14.6. The summed E-state index contributed by atoms with van der Waals surface area (Å²) >= 11 is 0. The lowest BCUT2D eigenvalue weighted by Crippen LogP contribution is -2.30. The molecule has 1 aliphatic heterocycles. The summed E-state index contributed by atoms with van der Waals surface area (Å²) in [5.74, 6) is 1.73. The third kappa shape index (κ3) is 4.53. The minimum Gasteiger partial charge on any atom is -0.493 e. The van der Waals surface area contributed by atoms with E-state index >= 15 is 0 Å². The molecule has 1 fully saturated rings. The van der Waals surface area contributed by atoms with Crippen molar-refractivity contribution in [1.29, 1.82) is 0 Å². The molecule has 2 aromatic rings. The van der Waals surface area contributed by atoms with Gasteiger partial charge in [-0.15, -0.1) is 0 Å². The van der Waals surface area contributed by atoms with Gasteiger partial charge in [0.05, 0.1) is 6.61 Å². The number of ether oxygens (including phenoxy) is 1. The number of aryl methyl sites for hydroxylation is 3. The molecule has 1 aromatic carbocycles. The lowest BCUT2D eigenvalue weighted by atomic mass is 9.98. The maximum atomic E-state index is 12.4. The van der Waals surface area contributed by atoms with E-state index in [0.717, 1.165) is 64.1 Å². The summed E-state index contributed by atoms with van der Waals surface area (Å²) < 4.78 is 11.9. The fraction of sp³-hybridized carbons (Fsp3) is 0.500. The molecule has 0 spiro atoms. The average molecular weight is 413 g/mol. The monoisotopic (exact) mass is 412 g/mol. The van der Waals surface area contributed by atoms with Gasteiger partial charge < -0.3 is 19.4 Å². The number of nitrogens with zero attached hydrogens (tertiary/aromatic N) is 1. The van der Waals surface area contributed by atoms with Crippen LogP contribution in [0.4, 0.5) is 0 Å². The van der Waals surface area contributed by atoms with Crippen LogP contribution in [0.2, 0.25) is 0 Å². The Hall–Kier alpha value is -2.76. The summed E-state index contributed by atoms with van der Waals surface area (Å²) in [6.45, 7) is 12.5. The molecule has 1 aliphatic rings. The van der Waals surface area contributed by atoms with Crippen LogP contribution in [0.1, 0.15) is 55.6 Å². The molecule has 162 valence electrons. The quantitative estimate of drug-likeness (QED) is 0.519. The lowest BCUT2D eigenvalue weighted by molar-refractivity contribution is -0.127. The number of amides is 2. The predicted octanol–water partition coefficient (Wildman–Crippen LogP) is 4.29. The molecule has 1 aromatic heterocycles. The first-order chi connectivity index (χ1) is 14.3. The summed E-state index contributed by atoms with van der Waals surface area (Å²) in [6.07, 6.45) is 3.96. The average Bonchev–Trinajstić information content (AvgIpc) is 3.24. The van der Waals surface area contributed by atoms with E-state index in [1.807, 2.05) is 39.5 Å². The van der Waals surface area contributed by atoms with Gasteiger partial charge in [0.1, 0.15) is 17.1 Å². The van der Waals surface area contributed by atoms with E-state index in [4.69, 9.17) is 9.15 Å². The molecule has 2 heterocycles. The highest BCUT2D eigenvalue weighted by Gasteiger charge is 2.20. The Kier molecular flexibility index (Phi) is 6.85. The van der Waals surface area contributed by atoms with E-state index in [1.54, 1.807) is 6.08 Å². The van der Waals surface area contributed by atoms with Crippen LogP contribution in [0.5, 0.6) is 5.75 Å². The van der Waals surface area contributed by atoms with E-state index in [-0.39, 0.29) is 11.8 Å². The van der Waals surface area contributed by atoms with Gasteiger partial charge in [-0.2, -0.15) is 0 Å². The number of furan rings is 1. The molecule has 2 amide bonds. The Morgan fingerprint density at radius 1 is 1.30 bits per heavy atom. The van der Waals surface area contributed by atoms with Crippen LogP contribution in [0.3, 0.4) is 0 Å². The molecule has 0 saturated carbocycles. The number of carbonyl (C=O) groups is 2. The smallest absolute Gasteiger partial charge is 0.244 e. The Balaban J connectivity index is 1.73. The number of hydrogen-bond donors (Lipinski definition) is 1.